The molecule has 1 aliphatic heterocycles. The second kappa shape index (κ2) is 7.64. The largest absolute Gasteiger partial charge is 0.497 e. The minimum atomic E-state index is -0.192. The van der Waals surface area contributed by atoms with Crippen molar-refractivity contribution in [2.75, 3.05) is 7.11 Å². The Kier molecular flexibility index (Phi) is 4.47. The molecule has 0 N–H and O–H groups in total. The lowest BCUT2D eigenvalue weighted by atomic mass is 9.95. The third-order valence-electron chi connectivity index (χ3n) is 5.93. The van der Waals surface area contributed by atoms with Crippen molar-refractivity contribution in [2.24, 2.45) is 0 Å². The maximum absolute atomic E-state index is 13.5. The Hall–Kier alpha value is -4.38. The second-order valence-electron chi connectivity index (χ2n) is 7.88. The Bertz CT molecular complexity index is 1520. The summed E-state index contributed by atoms with van der Waals surface area (Å²) in [7, 11) is 1.60. The number of hydrogen-bond acceptors (Lipinski definition) is 5. The molecule has 33 heavy (non-hydrogen) atoms. The van der Waals surface area contributed by atoms with E-state index in [-0.39, 0.29) is 5.78 Å². The van der Waals surface area contributed by atoms with Gasteiger partial charge in [-0.3, -0.25) is 9.78 Å². The summed E-state index contributed by atoms with van der Waals surface area (Å²) in [5.74, 6) is 1.62. The molecule has 0 atom stereocenters. The van der Waals surface area contributed by atoms with E-state index >= 15 is 0 Å². The molecule has 2 aromatic heterocycles. The van der Waals surface area contributed by atoms with Crippen LogP contribution in [0.15, 0.2) is 89.5 Å². The monoisotopic (exact) mass is 433 g/mol. The third kappa shape index (κ3) is 3.17. The summed E-state index contributed by atoms with van der Waals surface area (Å²) in [6, 6.07) is 24.6. The maximum atomic E-state index is 13.5. The fraction of sp³-hybridized carbons (Fsp3) is 0.0714. The highest BCUT2D eigenvalue weighted by molar-refractivity contribution is 6.15. The Morgan fingerprint density at radius 1 is 0.970 bits per heavy atom. The van der Waals surface area contributed by atoms with Crippen molar-refractivity contribution >= 4 is 16.8 Å². The molecule has 0 radical (unpaired) electrons. The highest BCUT2D eigenvalue weighted by Gasteiger charge is 2.25. The summed E-state index contributed by atoms with van der Waals surface area (Å²) in [6.45, 7) is 0.421. The first-order valence-corrected chi connectivity index (χ1v) is 10.6. The van der Waals surface area contributed by atoms with Gasteiger partial charge in [0.15, 0.2) is 5.76 Å². The number of carbonyl (C=O) groups excluding carboxylic acids is 1. The molecule has 0 fully saturated rings. The molecule has 1 aliphatic rings. The van der Waals surface area contributed by atoms with Gasteiger partial charge in [0.1, 0.15) is 23.7 Å². The van der Waals surface area contributed by atoms with Gasteiger partial charge in [-0.2, -0.15) is 0 Å². The van der Waals surface area contributed by atoms with Gasteiger partial charge < -0.3 is 13.9 Å². The quantitative estimate of drug-likeness (QED) is 0.312. The van der Waals surface area contributed by atoms with Crippen molar-refractivity contribution in [1.29, 1.82) is 0 Å². The smallest absolute Gasteiger partial charge is 0.228 e. The first-order chi connectivity index (χ1) is 16.2. The second-order valence-corrected chi connectivity index (χ2v) is 7.88. The minimum absolute atomic E-state index is 0.192. The van der Waals surface area contributed by atoms with Gasteiger partial charge in [-0.25, -0.2) is 0 Å². The van der Waals surface area contributed by atoms with Gasteiger partial charge in [0.25, 0.3) is 0 Å². The summed E-state index contributed by atoms with van der Waals surface area (Å²) < 4.78 is 17.2. The van der Waals surface area contributed by atoms with Crippen LogP contribution < -0.4 is 9.47 Å². The highest BCUT2D eigenvalue weighted by atomic mass is 16.5. The molecule has 5 aromatic rings. The normalized spacial score (nSPS) is 12.0. The van der Waals surface area contributed by atoms with E-state index < -0.39 is 0 Å². The predicted octanol–water partition coefficient (Wildman–Crippen LogP) is 6.29. The van der Waals surface area contributed by atoms with Gasteiger partial charge >= 0.3 is 0 Å². The lowest BCUT2D eigenvalue weighted by molar-refractivity contribution is 0.101. The van der Waals surface area contributed by atoms with Crippen LogP contribution in [-0.2, 0) is 6.61 Å². The number of carbonyl (C=O) groups is 1. The molecule has 3 aromatic carbocycles. The number of benzene rings is 3. The molecular formula is C28H19NO4. The SMILES string of the molecule is COc1ccc(C(=O)c2oc3ccccc3c2-c2cnc3c(c2)COc2ccccc2-3)cc1. The van der Waals surface area contributed by atoms with Crippen LogP contribution in [-0.4, -0.2) is 17.9 Å². The zero-order valence-electron chi connectivity index (χ0n) is 17.9. The van der Waals surface area contributed by atoms with E-state index in [1.807, 2.05) is 60.8 Å². The number of fused-ring (bicyclic) bond motifs is 4. The fourth-order valence-corrected chi connectivity index (χ4v) is 4.31. The van der Waals surface area contributed by atoms with E-state index in [4.69, 9.17) is 18.9 Å². The Labute approximate surface area is 190 Å². The molecule has 0 saturated heterocycles. The lowest BCUT2D eigenvalue weighted by Gasteiger charge is -2.20. The van der Waals surface area contributed by atoms with Gasteiger partial charge in [0, 0.05) is 39.4 Å². The van der Waals surface area contributed by atoms with Crippen molar-refractivity contribution in [3.63, 3.8) is 0 Å². The van der Waals surface area contributed by atoms with Gasteiger partial charge in [-0.05, 0) is 48.5 Å². The molecule has 0 aliphatic carbocycles. The number of nitrogens with zero attached hydrogens (tertiary/aromatic N) is 1. The van der Waals surface area contributed by atoms with Crippen LogP contribution >= 0.6 is 0 Å². The number of furan rings is 1. The van der Waals surface area contributed by atoms with Crippen LogP contribution in [0.2, 0.25) is 0 Å². The van der Waals surface area contributed by atoms with Crippen LogP contribution in [0.5, 0.6) is 11.5 Å². The number of para-hydroxylation sites is 2. The molecule has 0 saturated carbocycles. The standard InChI is InChI=1S/C28H19NO4/c1-31-20-12-10-17(11-13-20)27(30)28-25(21-6-2-5-9-24(21)33-28)18-14-19-16-32-23-8-4-3-7-22(23)26(19)29-15-18/h2-15H,16H2,1H3. The third-order valence-corrected chi connectivity index (χ3v) is 5.93. The molecular weight excluding hydrogens is 414 g/mol. The van der Waals surface area contributed by atoms with Gasteiger partial charge in [0.05, 0.1) is 12.8 Å². The first kappa shape index (κ1) is 19.3. The van der Waals surface area contributed by atoms with E-state index in [2.05, 4.69) is 0 Å². The number of rotatable bonds is 4. The van der Waals surface area contributed by atoms with E-state index in [9.17, 15) is 4.79 Å². The average Bonchev–Trinajstić information content (AvgIpc) is 3.27. The van der Waals surface area contributed by atoms with Crippen LogP contribution in [0.3, 0.4) is 0 Å². The maximum Gasteiger partial charge on any atom is 0.228 e. The first-order valence-electron chi connectivity index (χ1n) is 10.6. The number of ketones is 1. The molecule has 0 bridgehead atoms. The fourth-order valence-electron chi connectivity index (χ4n) is 4.31. The Morgan fingerprint density at radius 3 is 2.61 bits per heavy atom. The molecule has 0 unspecified atom stereocenters. The number of methoxy groups -OCH3 is 1. The lowest BCUT2D eigenvalue weighted by Crippen LogP contribution is -2.07. The molecule has 0 spiro atoms. The van der Waals surface area contributed by atoms with Gasteiger partial charge in [-0.1, -0.05) is 30.3 Å². The highest BCUT2D eigenvalue weighted by Crippen LogP contribution is 2.40. The minimum Gasteiger partial charge on any atom is -0.497 e. The molecule has 0 amide bonds. The van der Waals surface area contributed by atoms with Crippen LogP contribution in [0.1, 0.15) is 21.7 Å². The number of ether oxygens (including phenoxy) is 2. The van der Waals surface area contributed by atoms with Crippen LogP contribution in [0.4, 0.5) is 0 Å². The zero-order valence-corrected chi connectivity index (χ0v) is 17.9. The van der Waals surface area contributed by atoms with Crippen molar-refractivity contribution < 1.29 is 18.7 Å². The Morgan fingerprint density at radius 2 is 1.76 bits per heavy atom. The number of hydrogen-bond donors (Lipinski definition) is 0. The van der Waals surface area contributed by atoms with Crippen LogP contribution in [0, 0.1) is 0 Å². The topological polar surface area (TPSA) is 61.6 Å². The number of aromatic nitrogens is 1. The van der Waals surface area contributed by atoms with Crippen molar-refractivity contribution in [3.05, 3.63) is 102 Å². The Balaban J connectivity index is 1.51. The van der Waals surface area contributed by atoms with E-state index in [1.165, 1.54) is 0 Å². The van der Waals surface area contributed by atoms with E-state index in [1.54, 1.807) is 31.4 Å². The van der Waals surface area contributed by atoms with Crippen molar-refractivity contribution in [2.45, 2.75) is 6.61 Å². The van der Waals surface area contributed by atoms with E-state index in [0.29, 0.717) is 29.3 Å². The summed E-state index contributed by atoms with van der Waals surface area (Å²) >= 11 is 0. The van der Waals surface area contributed by atoms with Crippen molar-refractivity contribution in [1.82, 2.24) is 4.98 Å². The molecule has 5 nitrogen and oxygen atoms in total. The average molecular weight is 433 g/mol. The summed E-state index contributed by atoms with van der Waals surface area (Å²) in [4.78, 5) is 18.3. The molecule has 3 heterocycles. The van der Waals surface area contributed by atoms with Gasteiger partial charge in [-0.15, -0.1) is 0 Å². The van der Waals surface area contributed by atoms with Crippen LogP contribution in [0.25, 0.3) is 33.4 Å². The van der Waals surface area contributed by atoms with Gasteiger partial charge in [0.2, 0.25) is 5.78 Å². The molecule has 5 heteroatoms. The molecule has 160 valence electrons. The summed E-state index contributed by atoms with van der Waals surface area (Å²) in [5.41, 5.74) is 5.58. The summed E-state index contributed by atoms with van der Waals surface area (Å²) in [6.07, 6.45) is 1.81. The molecule has 6 rings (SSSR count). The van der Waals surface area contributed by atoms with Crippen molar-refractivity contribution in [3.8, 4) is 33.9 Å². The number of pyridine rings is 1. The summed E-state index contributed by atoms with van der Waals surface area (Å²) in [5, 5.41) is 0.869. The van der Waals surface area contributed by atoms with E-state index in [0.717, 1.165) is 39.1 Å². The predicted molar refractivity (Wildman–Crippen MR) is 126 cm³/mol. The zero-order chi connectivity index (χ0) is 22.4.